The first kappa shape index (κ1) is 13.8. The van der Waals surface area contributed by atoms with Gasteiger partial charge in [-0.3, -0.25) is 4.79 Å². The molecule has 0 aromatic carbocycles. The SMILES string of the molecule is CCC(C)NCC(=O)NC1CCN2CCCC2C1. The number of nitrogens with zero attached hydrogens (tertiary/aromatic N) is 1. The Labute approximate surface area is 110 Å². The van der Waals surface area contributed by atoms with E-state index < -0.39 is 0 Å². The Morgan fingerprint density at radius 1 is 1.39 bits per heavy atom. The van der Waals surface area contributed by atoms with Crippen LogP contribution in [0.3, 0.4) is 0 Å². The zero-order valence-corrected chi connectivity index (χ0v) is 11.7. The molecule has 0 aromatic rings. The van der Waals surface area contributed by atoms with E-state index in [1.807, 2.05) is 0 Å². The van der Waals surface area contributed by atoms with Crippen molar-refractivity contribution in [2.24, 2.45) is 0 Å². The van der Waals surface area contributed by atoms with Gasteiger partial charge >= 0.3 is 0 Å². The van der Waals surface area contributed by atoms with E-state index in [4.69, 9.17) is 0 Å². The molecule has 104 valence electrons. The normalized spacial score (nSPS) is 29.9. The Kier molecular flexibility index (Phi) is 5.01. The van der Waals surface area contributed by atoms with Gasteiger partial charge in [-0.15, -0.1) is 0 Å². The molecule has 0 saturated carbocycles. The van der Waals surface area contributed by atoms with Crippen LogP contribution in [0.5, 0.6) is 0 Å². The average molecular weight is 253 g/mol. The molecule has 0 radical (unpaired) electrons. The van der Waals surface area contributed by atoms with Gasteiger partial charge in [0.1, 0.15) is 0 Å². The summed E-state index contributed by atoms with van der Waals surface area (Å²) in [5.74, 6) is 0.159. The molecule has 18 heavy (non-hydrogen) atoms. The number of amides is 1. The molecule has 2 rings (SSSR count). The van der Waals surface area contributed by atoms with Crippen LogP contribution in [0.1, 0.15) is 46.0 Å². The summed E-state index contributed by atoms with van der Waals surface area (Å²) in [6.45, 7) is 7.13. The van der Waals surface area contributed by atoms with E-state index in [2.05, 4.69) is 29.4 Å². The van der Waals surface area contributed by atoms with E-state index in [-0.39, 0.29) is 5.91 Å². The standard InChI is InChI=1S/C14H27N3O/c1-3-11(2)15-10-14(18)16-12-6-8-17-7-4-5-13(17)9-12/h11-13,15H,3-10H2,1-2H3,(H,16,18). The minimum Gasteiger partial charge on any atom is -0.352 e. The molecule has 2 aliphatic rings. The highest BCUT2D eigenvalue weighted by molar-refractivity contribution is 5.78. The van der Waals surface area contributed by atoms with Crippen LogP contribution >= 0.6 is 0 Å². The maximum absolute atomic E-state index is 11.8. The highest BCUT2D eigenvalue weighted by Crippen LogP contribution is 2.26. The van der Waals surface area contributed by atoms with E-state index in [9.17, 15) is 4.79 Å². The molecular weight excluding hydrogens is 226 g/mol. The topological polar surface area (TPSA) is 44.4 Å². The second-order valence-corrected chi connectivity index (χ2v) is 5.81. The van der Waals surface area contributed by atoms with E-state index in [0.29, 0.717) is 18.6 Å². The van der Waals surface area contributed by atoms with E-state index >= 15 is 0 Å². The molecule has 4 nitrogen and oxygen atoms in total. The van der Waals surface area contributed by atoms with Crippen LogP contribution in [0.15, 0.2) is 0 Å². The molecule has 0 aromatic heterocycles. The number of carbonyl (C=O) groups excluding carboxylic acids is 1. The predicted molar refractivity (Wildman–Crippen MR) is 73.5 cm³/mol. The number of nitrogens with one attached hydrogen (secondary N) is 2. The lowest BCUT2D eigenvalue weighted by Crippen LogP contribution is -2.49. The summed E-state index contributed by atoms with van der Waals surface area (Å²) in [6, 6.07) is 1.55. The van der Waals surface area contributed by atoms with Gasteiger partial charge in [-0.25, -0.2) is 0 Å². The first-order chi connectivity index (χ1) is 8.69. The Morgan fingerprint density at radius 2 is 2.22 bits per heavy atom. The van der Waals surface area contributed by atoms with Crippen LogP contribution in [0, 0.1) is 0 Å². The highest BCUT2D eigenvalue weighted by Gasteiger charge is 2.32. The lowest BCUT2D eigenvalue weighted by molar-refractivity contribution is -0.121. The van der Waals surface area contributed by atoms with Gasteiger partial charge in [0.25, 0.3) is 0 Å². The number of fused-ring (bicyclic) bond motifs is 1. The van der Waals surface area contributed by atoms with Crippen LogP contribution in [0.2, 0.25) is 0 Å². The van der Waals surface area contributed by atoms with Gasteiger partial charge in [-0.05, 0) is 45.6 Å². The van der Waals surface area contributed by atoms with Gasteiger partial charge in [0.2, 0.25) is 5.91 Å². The number of hydrogen-bond acceptors (Lipinski definition) is 3. The molecule has 0 aliphatic carbocycles. The fourth-order valence-electron chi connectivity index (χ4n) is 3.05. The summed E-state index contributed by atoms with van der Waals surface area (Å²) >= 11 is 0. The molecule has 2 aliphatic heterocycles. The third-order valence-electron chi connectivity index (χ3n) is 4.41. The van der Waals surface area contributed by atoms with Crippen LogP contribution < -0.4 is 10.6 Å². The van der Waals surface area contributed by atoms with Gasteiger partial charge in [0, 0.05) is 24.7 Å². The minimum atomic E-state index is 0.159. The summed E-state index contributed by atoms with van der Waals surface area (Å²) in [6.07, 6.45) is 5.98. The van der Waals surface area contributed by atoms with Crippen molar-refractivity contribution in [1.82, 2.24) is 15.5 Å². The van der Waals surface area contributed by atoms with Gasteiger partial charge in [0.15, 0.2) is 0 Å². The van der Waals surface area contributed by atoms with Gasteiger partial charge < -0.3 is 15.5 Å². The Morgan fingerprint density at radius 3 is 3.00 bits per heavy atom. The minimum absolute atomic E-state index is 0.159. The molecule has 0 spiro atoms. The third-order valence-corrected chi connectivity index (χ3v) is 4.41. The summed E-state index contributed by atoms with van der Waals surface area (Å²) < 4.78 is 0. The first-order valence-electron chi connectivity index (χ1n) is 7.45. The number of rotatable bonds is 5. The first-order valence-corrected chi connectivity index (χ1v) is 7.45. The van der Waals surface area contributed by atoms with Crippen molar-refractivity contribution >= 4 is 5.91 Å². The molecular formula is C14H27N3O. The fraction of sp³-hybridized carbons (Fsp3) is 0.929. The Bertz CT molecular complexity index is 282. The Balaban J connectivity index is 1.68. The molecule has 2 heterocycles. The monoisotopic (exact) mass is 253 g/mol. The maximum Gasteiger partial charge on any atom is 0.234 e. The summed E-state index contributed by atoms with van der Waals surface area (Å²) in [5.41, 5.74) is 0. The van der Waals surface area contributed by atoms with Gasteiger partial charge in [0.05, 0.1) is 6.54 Å². The number of piperidine rings is 1. The largest absolute Gasteiger partial charge is 0.352 e. The fourth-order valence-corrected chi connectivity index (χ4v) is 3.05. The predicted octanol–water partition coefficient (Wildman–Crippen LogP) is 1.12. The molecule has 2 N–H and O–H groups in total. The summed E-state index contributed by atoms with van der Waals surface area (Å²) in [5, 5.41) is 6.43. The zero-order chi connectivity index (χ0) is 13.0. The van der Waals surface area contributed by atoms with E-state index in [1.54, 1.807) is 0 Å². The molecule has 2 saturated heterocycles. The summed E-state index contributed by atoms with van der Waals surface area (Å²) in [7, 11) is 0. The molecule has 2 fully saturated rings. The van der Waals surface area contributed by atoms with Crippen LogP contribution in [0.25, 0.3) is 0 Å². The van der Waals surface area contributed by atoms with E-state index in [0.717, 1.165) is 31.8 Å². The van der Waals surface area contributed by atoms with Crippen LogP contribution in [-0.4, -0.2) is 48.6 Å². The lowest BCUT2D eigenvalue weighted by atomic mass is 9.97. The van der Waals surface area contributed by atoms with Crippen molar-refractivity contribution in [3.63, 3.8) is 0 Å². The molecule has 3 unspecified atom stereocenters. The molecule has 1 amide bonds. The van der Waals surface area contributed by atoms with Crippen molar-refractivity contribution in [3.05, 3.63) is 0 Å². The summed E-state index contributed by atoms with van der Waals surface area (Å²) in [4.78, 5) is 14.4. The Hall–Kier alpha value is -0.610. The second kappa shape index (κ2) is 6.53. The van der Waals surface area contributed by atoms with Crippen molar-refractivity contribution in [1.29, 1.82) is 0 Å². The van der Waals surface area contributed by atoms with E-state index in [1.165, 1.54) is 19.4 Å². The second-order valence-electron chi connectivity index (χ2n) is 5.81. The third kappa shape index (κ3) is 3.69. The average Bonchev–Trinajstić information content (AvgIpc) is 2.83. The molecule has 0 bridgehead atoms. The van der Waals surface area contributed by atoms with Crippen molar-refractivity contribution in [2.75, 3.05) is 19.6 Å². The number of hydrogen-bond donors (Lipinski definition) is 2. The quantitative estimate of drug-likeness (QED) is 0.771. The molecule has 3 atom stereocenters. The molecule has 4 heteroatoms. The van der Waals surface area contributed by atoms with Crippen LogP contribution in [-0.2, 0) is 4.79 Å². The smallest absolute Gasteiger partial charge is 0.234 e. The van der Waals surface area contributed by atoms with Gasteiger partial charge in [-0.1, -0.05) is 6.92 Å². The van der Waals surface area contributed by atoms with Crippen molar-refractivity contribution in [2.45, 2.75) is 64.1 Å². The van der Waals surface area contributed by atoms with Crippen molar-refractivity contribution in [3.8, 4) is 0 Å². The van der Waals surface area contributed by atoms with Crippen molar-refractivity contribution < 1.29 is 4.79 Å². The zero-order valence-electron chi connectivity index (χ0n) is 11.7. The lowest BCUT2D eigenvalue weighted by Gasteiger charge is -2.35. The van der Waals surface area contributed by atoms with Crippen LogP contribution in [0.4, 0.5) is 0 Å². The maximum atomic E-state index is 11.8. The van der Waals surface area contributed by atoms with Gasteiger partial charge in [-0.2, -0.15) is 0 Å². The highest BCUT2D eigenvalue weighted by atomic mass is 16.2. The number of carbonyl (C=O) groups is 1.